The van der Waals surface area contributed by atoms with E-state index in [4.69, 9.17) is 5.73 Å². The summed E-state index contributed by atoms with van der Waals surface area (Å²) in [5.41, 5.74) is 5.79. The minimum atomic E-state index is -3.18. The molecule has 1 saturated carbocycles. The quantitative estimate of drug-likeness (QED) is 0.730. The molecule has 0 spiro atoms. The lowest BCUT2D eigenvalue weighted by Gasteiger charge is -2.26. The van der Waals surface area contributed by atoms with E-state index in [1.165, 1.54) is 6.07 Å². The molecule has 0 heterocycles. The van der Waals surface area contributed by atoms with Gasteiger partial charge in [0.2, 0.25) is 5.91 Å². The summed E-state index contributed by atoms with van der Waals surface area (Å²) in [5.74, 6) is -1.49. The van der Waals surface area contributed by atoms with E-state index in [2.05, 4.69) is 14.8 Å². The van der Waals surface area contributed by atoms with Crippen molar-refractivity contribution in [2.45, 2.75) is 44.9 Å². The fourth-order valence-electron chi connectivity index (χ4n) is 2.68. The minimum Gasteiger partial charge on any atom is -0.435 e. The van der Waals surface area contributed by atoms with Gasteiger partial charge in [-0.05, 0) is 31.4 Å². The van der Waals surface area contributed by atoms with Gasteiger partial charge in [-0.3, -0.25) is 4.79 Å². The minimum absolute atomic E-state index is 0. The topological polar surface area (TPSA) is 73.6 Å². The number of hydrogen-bond acceptors (Lipinski definition) is 4. The van der Waals surface area contributed by atoms with E-state index in [1.54, 1.807) is 0 Å². The number of alkyl halides is 4. The van der Waals surface area contributed by atoms with Crippen LogP contribution in [0.25, 0.3) is 0 Å². The van der Waals surface area contributed by atoms with E-state index in [9.17, 15) is 22.4 Å². The maximum Gasteiger partial charge on any atom is 0.387 e. The van der Waals surface area contributed by atoms with Gasteiger partial charge in [0.15, 0.2) is 5.75 Å². The third kappa shape index (κ3) is 6.58. The molecule has 0 bridgehead atoms. The van der Waals surface area contributed by atoms with Crippen LogP contribution in [0.1, 0.15) is 25.7 Å². The van der Waals surface area contributed by atoms with Crippen molar-refractivity contribution in [2.75, 3.05) is 5.32 Å². The van der Waals surface area contributed by atoms with Gasteiger partial charge in [-0.2, -0.15) is 17.6 Å². The third-order valence-electron chi connectivity index (χ3n) is 3.74. The monoisotopic (exact) mass is 386 g/mol. The van der Waals surface area contributed by atoms with Crippen LogP contribution in [-0.4, -0.2) is 25.2 Å². The van der Waals surface area contributed by atoms with Crippen LogP contribution in [0.15, 0.2) is 18.2 Å². The van der Waals surface area contributed by atoms with Crippen LogP contribution < -0.4 is 20.5 Å². The molecule has 142 valence electrons. The van der Waals surface area contributed by atoms with Crippen LogP contribution in [0.4, 0.5) is 23.2 Å². The van der Waals surface area contributed by atoms with Crippen molar-refractivity contribution in [1.82, 2.24) is 0 Å². The SMILES string of the molecule is Cl.NC1CCCC(C(=O)Nc2ccc(OC(F)F)cc2OC(F)F)C1. The summed E-state index contributed by atoms with van der Waals surface area (Å²) in [6, 6.07) is 3.11. The molecule has 2 unspecified atom stereocenters. The van der Waals surface area contributed by atoms with Gasteiger partial charge in [-0.25, -0.2) is 0 Å². The molecule has 1 aromatic carbocycles. The van der Waals surface area contributed by atoms with Gasteiger partial charge < -0.3 is 20.5 Å². The summed E-state index contributed by atoms with van der Waals surface area (Å²) in [5, 5.41) is 2.49. The van der Waals surface area contributed by atoms with Crippen LogP contribution in [0, 0.1) is 5.92 Å². The smallest absolute Gasteiger partial charge is 0.387 e. The maximum atomic E-state index is 12.5. The van der Waals surface area contributed by atoms with E-state index < -0.39 is 19.0 Å². The molecule has 2 rings (SSSR count). The molecule has 1 aliphatic carbocycles. The lowest BCUT2D eigenvalue weighted by atomic mass is 9.85. The zero-order valence-corrected chi connectivity index (χ0v) is 13.9. The van der Waals surface area contributed by atoms with Crippen molar-refractivity contribution >= 4 is 24.0 Å². The molecule has 5 nitrogen and oxygen atoms in total. The number of nitrogens with two attached hydrogens (primary N) is 1. The lowest BCUT2D eigenvalue weighted by molar-refractivity contribution is -0.121. The fraction of sp³-hybridized carbons (Fsp3) is 0.533. The van der Waals surface area contributed by atoms with Gasteiger partial charge in [0.1, 0.15) is 5.75 Å². The first-order valence-electron chi connectivity index (χ1n) is 7.45. The van der Waals surface area contributed by atoms with Crippen molar-refractivity contribution < 1.29 is 31.8 Å². The summed E-state index contributed by atoms with van der Waals surface area (Å²) in [6.07, 6.45) is 2.80. The normalized spacial score (nSPS) is 20.1. The van der Waals surface area contributed by atoms with E-state index in [0.29, 0.717) is 12.8 Å². The molecule has 3 N–H and O–H groups in total. The number of rotatable bonds is 6. The van der Waals surface area contributed by atoms with Gasteiger partial charge in [-0.1, -0.05) is 6.42 Å². The molecular formula is C15H19ClF4N2O3. The number of ether oxygens (including phenoxy) is 2. The van der Waals surface area contributed by atoms with Crippen LogP contribution in [0.2, 0.25) is 0 Å². The molecule has 1 aromatic rings. The first-order chi connectivity index (χ1) is 11.3. The third-order valence-corrected chi connectivity index (χ3v) is 3.74. The van der Waals surface area contributed by atoms with Crippen LogP contribution in [0.5, 0.6) is 11.5 Å². The number of anilines is 1. The molecule has 0 aliphatic heterocycles. The molecule has 1 aliphatic rings. The molecule has 2 atom stereocenters. The molecule has 1 fully saturated rings. The van der Waals surface area contributed by atoms with Crippen molar-refractivity contribution in [3.63, 3.8) is 0 Å². The second-order valence-corrected chi connectivity index (χ2v) is 5.53. The Balaban J connectivity index is 0.00000312. The van der Waals surface area contributed by atoms with Gasteiger partial charge >= 0.3 is 13.2 Å². The van der Waals surface area contributed by atoms with Crippen molar-refractivity contribution in [3.05, 3.63) is 18.2 Å². The van der Waals surface area contributed by atoms with Gasteiger partial charge in [0, 0.05) is 18.0 Å². The Labute approximate surface area is 148 Å². The summed E-state index contributed by atoms with van der Waals surface area (Å²) in [7, 11) is 0. The second kappa shape index (κ2) is 9.67. The van der Waals surface area contributed by atoms with E-state index in [0.717, 1.165) is 25.0 Å². The Hall–Kier alpha value is -1.74. The van der Waals surface area contributed by atoms with E-state index in [1.807, 2.05) is 0 Å². The van der Waals surface area contributed by atoms with Crippen molar-refractivity contribution in [3.8, 4) is 11.5 Å². The predicted octanol–water partition coefficient (Wildman–Crippen LogP) is 3.77. The highest BCUT2D eigenvalue weighted by Gasteiger charge is 2.26. The number of amides is 1. The van der Waals surface area contributed by atoms with Crippen molar-refractivity contribution in [1.29, 1.82) is 0 Å². The highest BCUT2D eigenvalue weighted by atomic mass is 35.5. The average Bonchev–Trinajstić information content (AvgIpc) is 2.48. The Kier molecular flexibility index (Phi) is 8.24. The fourth-order valence-corrected chi connectivity index (χ4v) is 2.68. The zero-order chi connectivity index (χ0) is 17.7. The van der Waals surface area contributed by atoms with E-state index >= 15 is 0 Å². The zero-order valence-electron chi connectivity index (χ0n) is 13.1. The lowest BCUT2D eigenvalue weighted by Crippen LogP contribution is -2.34. The molecule has 25 heavy (non-hydrogen) atoms. The highest BCUT2D eigenvalue weighted by Crippen LogP contribution is 2.33. The van der Waals surface area contributed by atoms with Gasteiger partial charge in [-0.15, -0.1) is 12.4 Å². The molecular weight excluding hydrogens is 368 g/mol. The first kappa shape index (κ1) is 21.3. The van der Waals surface area contributed by atoms with Crippen LogP contribution in [-0.2, 0) is 4.79 Å². The number of carbonyl (C=O) groups is 1. The summed E-state index contributed by atoms with van der Waals surface area (Å²) in [4.78, 5) is 12.3. The van der Waals surface area contributed by atoms with Crippen LogP contribution >= 0.6 is 12.4 Å². The number of carbonyl (C=O) groups excluding carboxylic acids is 1. The molecule has 10 heteroatoms. The van der Waals surface area contributed by atoms with E-state index in [-0.39, 0.29) is 41.7 Å². The number of halogens is 5. The Morgan fingerprint density at radius 3 is 2.44 bits per heavy atom. The molecule has 1 amide bonds. The Morgan fingerprint density at radius 1 is 1.16 bits per heavy atom. The Bertz CT molecular complexity index is 578. The first-order valence-corrected chi connectivity index (χ1v) is 7.45. The highest BCUT2D eigenvalue weighted by molar-refractivity contribution is 5.94. The molecule has 0 saturated heterocycles. The number of hydrogen-bond donors (Lipinski definition) is 2. The molecule has 0 radical (unpaired) electrons. The predicted molar refractivity (Wildman–Crippen MR) is 85.5 cm³/mol. The summed E-state index contributed by atoms with van der Waals surface area (Å²) < 4.78 is 57.8. The van der Waals surface area contributed by atoms with Crippen LogP contribution in [0.3, 0.4) is 0 Å². The van der Waals surface area contributed by atoms with Gasteiger partial charge in [0.05, 0.1) is 5.69 Å². The average molecular weight is 387 g/mol. The summed E-state index contributed by atoms with van der Waals surface area (Å²) in [6.45, 7) is -6.28. The maximum absolute atomic E-state index is 12.5. The summed E-state index contributed by atoms with van der Waals surface area (Å²) >= 11 is 0. The largest absolute Gasteiger partial charge is 0.435 e. The Morgan fingerprint density at radius 2 is 1.84 bits per heavy atom. The van der Waals surface area contributed by atoms with Crippen molar-refractivity contribution in [2.24, 2.45) is 11.7 Å². The second-order valence-electron chi connectivity index (χ2n) is 5.53. The number of nitrogens with one attached hydrogen (secondary N) is 1. The molecule has 0 aromatic heterocycles. The number of benzene rings is 1. The van der Waals surface area contributed by atoms with Gasteiger partial charge in [0.25, 0.3) is 0 Å². The standard InChI is InChI=1S/C15H18F4N2O3.ClH/c16-14(17)23-10-4-5-11(12(7-10)24-15(18)19)21-13(22)8-2-1-3-9(20)6-8;/h4-5,7-9,14-15H,1-3,6,20H2,(H,21,22);1H.